The predicted molar refractivity (Wildman–Crippen MR) is 45.5 cm³/mol. The Morgan fingerprint density at radius 1 is 1.64 bits per heavy atom. The summed E-state index contributed by atoms with van der Waals surface area (Å²) in [6.07, 6.45) is 0. The molecule has 1 aromatic rings. The number of pyridine rings is 1. The molecule has 0 fully saturated rings. The second kappa shape index (κ2) is 3.99. The monoisotopic (exact) mass is 217 g/mol. The molecule has 0 amide bonds. The van der Waals surface area contributed by atoms with E-state index >= 15 is 0 Å². The van der Waals surface area contributed by atoms with E-state index in [0.29, 0.717) is 0 Å². The van der Waals surface area contributed by atoms with Gasteiger partial charge < -0.3 is 4.84 Å². The quantitative estimate of drug-likeness (QED) is 0.443. The van der Waals surface area contributed by atoms with Crippen molar-refractivity contribution in [1.29, 1.82) is 0 Å². The zero-order chi connectivity index (χ0) is 10.7. The Morgan fingerprint density at radius 2 is 2.29 bits per heavy atom. The van der Waals surface area contributed by atoms with Gasteiger partial charge in [0.15, 0.2) is 5.69 Å². The Morgan fingerprint density at radius 3 is 2.71 bits per heavy atom. The number of hydrogen-bond donors (Lipinski definition) is 1. The molecule has 2 N–H and O–H groups in total. The van der Waals surface area contributed by atoms with Crippen LogP contribution in [0.4, 0.5) is 5.69 Å². The van der Waals surface area contributed by atoms with E-state index in [2.05, 4.69) is 15.7 Å². The lowest BCUT2D eigenvalue weighted by molar-refractivity contribution is -0.385. The highest BCUT2D eigenvalue weighted by atomic mass is 35.5. The van der Waals surface area contributed by atoms with Gasteiger partial charge in [0.25, 0.3) is 0 Å². The van der Waals surface area contributed by atoms with Gasteiger partial charge in [-0.05, 0) is 6.07 Å². The molecule has 1 heterocycles. The van der Waals surface area contributed by atoms with Crippen molar-refractivity contribution in [3.63, 3.8) is 0 Å². The first-order chi connectivity index (χ1) is 6.56. The molecule has 0 atom stereocenters. The van der Waals surface area contributed by atoms with E-state index in [1.807, 2.05) is 0 Å². The molecule has 0 aromatic carbocycles. The third-order valence-electron chi connectivity index (χ3n) is 1.34. The molecule has 0 saturated carbocycles. The predicted octanol–water partition coefficient (Wildman–Crippen LogP) is 0.674. The summed E-state index contributed by atoms with van der Waals surface area (Å²) >= 11 is 5.42. The lowest BCUT2D eigenvalue weighted by Gasteiger charge is -1.98. The SMILES string of the molecule is NOC(=O)c1ccc([N+](=O)[O-])c(Cl)n1. The zero-order valence-electron chi connectivity index (χ0n) is 6.64. The van der Waals surface area contributed by atoms with E-state index in [0.717, 1.165) is 12.1 Å². The van der Waals surface area contributed by atoms with Gasteiger partial charge in [0.1, 0.15) is 0 Å². The van der Waals surface area contributed by atoms with Gasteiger partial charge in [0.05, 0.1) is 4.92 Å². The number of nitrogens with zero attached hydrogens (tertiary/aromatic N) is 2. The van der Waals surface area contributed by atoms with E-state index in [4.69, 9.17) is 11.6 Å². The average Bonchev–Trinajstić information content (AvgIpc) is 2.15. The summed E-state index contributed by atoms with van der Waals surface area (Å²) in [5, 5.41) is 9.92. The van der Waals surface area contributed by atoms with Crippen LogP contribution in [0.3, 0.4) is 0 Å². The summed E-state index contributed by atoms with van der Waals surface area (Å²) in [6, 6.07) is 2.14. The number of nitrogens with two attached hydrogens (primary N) is 1. The van der Waals surface area contributed by atoms with Crippen molar-refractivity contribution in [2.45, 2.75) is 0 Å². The molecule has 0 aliphatic carbocycles. The van der Waals surface area contributed by atoms with Gasteiger partial charge in [-0.2, -0.15) is 5.90 Å². The molecule has 0 unspecified atom stereocenters. The molecule has 0 saturated heterocycles. The molecule has 0 spiro atoms. The summed E-state index contributed by atoms with van der Waals surface area (Å²) in [7, 11) is 0. The third kappa shape index (κ3) is 1.95. The van der Waals surface area contributed by atoms with Crippen LogP contribution < -0.4 is 5.90 Å². The second-order valence-corrected chi connectivity index (χ2v) is 2.53. The first kappa shape index (κ1) is 10.4. The van der Waals surface area contributed by atoms with E-state index in [1.165, 1.54) is 0 Å². The smallest absolute Gasteiger partial charge is 0.368 e. The van der Waals surface area contributed by atoms with Crippen LogP contribution in [-0.2, 0) is 4.84 Å². The molecule has 8 heteroatoms. The zero-order valence-corrected chi connectivity index (χ0v) is 7.39. The molecule has 0 radical (unpaired) electrons. The molecular formula is C6H4ClN3O4. The molecular weight excluding hydrogens is 214 g/mol. The van der Waals surface area contributed by atoms with Crippen molar-refractivity contribution in [3.05, 3.63) is 33.1 Å². The molecule has 0 aliphatic heterocycles. The molecule has 1 aromatic heterocycles. The van der Waals surface area contributed by atoms with Crippen molar-refractivity contribution >= 4 is 23.3 Å². The van der Waals surface area contributed by atoms with Gasteiger partial charge in [-0.25, -0.2) is 9.78 Å². The number of carbonyl (C=O) groups excluding carboxylic acids is 1. The molecule has 14 heavy (non-hydrogen) atoms. The number of rotatable bonds is 2. The summed E-state index contributed by atoms with van der Waals surface area (Å²) < 4.78 is 0. The average molecular weight is 218 g/mol. The van der Waals surface area contributed by atoms with Gasteiger partial charge in [-0.15, -0.1) is 0 Å². The minimum absolute atomic E-state index is 0.192. The fraction of sp³-hybridized carbons (Fsp3) is 0. The third-order valence-corrected chi connectivity index (χ3v) is 1.62. The van der Waals surface area contributed by atoms with Crippen LogP contribution in [0, 0.1) is 10.1 Å². The maximum atomic E-state index is 10.8. The Labute approximate surface area is 82.5 Å². The maximum Gasteiger partial charge on any atom is 0.375 e. The van der Waals surface area contributed by atoms with E-state index < -0.39 is 16.0 Å². The maximum absolute atomic E-state index is 10.8. The minimum Gasteiger partial charge on any atom is -0.368 e. The number of carbonyl (C=O) groups is 1. The van der Waals surface area contributed by atoms with Crippen LogP contribution in [-0.4, -0.2) is 15.9 Å². The van der Waals surface area contributed by atoms with Gasteiger partial charge >= 0.3 is 11.7 Å². The highest BCUT2D eigenvalue weighted by Gasteiger charge is 2.17. The lowest BCUT2D eigenvalue weighted by Crippen LogP contribution is -2.12. The number of nitro groups is 1. The summed E-state index contributed by atoms with van der Waals surface area (Å²) in [5.41, 5.74) is -0.580. The standard InChI is InChI=1S/C6H4ClN3O4/c7-5-4(10(12)13)2-1-3(9-5)6(11)14-8/h1-2H,8H2. The number of hydrogen-bond acceptors (Lipinski definition) is 6. The summed E-state index contributed by atoms with van der Waals surface area (Å²) in [6.45, 7) is 0. The Hall–Kier alpha value is -1.73. The summed E-state index contributed by atoms with van der Waals surface area (Å²) in [5.74, 6) is 3.67. The Balaban J connectivity index is 3.12. The van der Waals surface area contributed by atoms with E-state index in [9.17, 15) is 14.9 Å². The van der Waals surface area contributed by atoms with Gasteiger partial charge in [-0.3, -0.25) is 10.1 Å². The Kier molecular flexibility index (Phi) is 2.95. The largest absolute Gasteiger partial charge is 0.375 e. The van der Waals surface area contributed by atoms with Crippen LogP contribution in [0.15, 0.2) is 12.1 Å². The topological polar surface area (TPSA) is 108 Å². The number of aromatic nitrogens is 1. The molecule has 0 bridgehead atoms. The van der Waals surface area contributed by atoms with Crippen LogP contribution in [0.5, 0.6) is 0 Å². The lowest BCUT2D eigenvalue weighted by atomic mass is 10.3. The van der Waals surface area contributed by atoms with Gasteiger partial charge in [0, 0.05) is 6.07 Å². The van der Waals surface area contributed by atoms with E-state index in [1.54, 1.807) is 0 Å². The fourth-order valence-corrected chi connectivity index (χ4v) is 0.960. The van der Waals surface area contributed by atoms with Crippen molar-refractivity contribution in [2.24, 2.45) is 5.90 Å². The first-order valence-corrected chi connectivity index (χ1v) is 3.66. The minimum atomic E-state index is -0.915. The van der Waals surface area contributed by atoms with Crippen LogP contribution in [0.2, 0.25) is 5.15 Å². The van der Waals surface area contributed by atoms with Crippen molar-refractivity contribution in [3.8, 4) is 0 Å². The highest BCUT2D eigenvalue weighted by molar-refractivity contribution is 6.31. The van der Waals surface area contributed by atoms with Crippen LogP contribution in [0.1, 0.15) is 10.5 Å². The van der Waals surface area contributed by atoms with Crippen molar-refractivity contribution in [2.75, 3.05) is 0 Å². The number of halogens is 1. The molecule has 7 nitrogen and oxygen atoms in total. The van der Waals surface area contributed by atoms with Crippen LogP contribution >= 0.6 is 11.6 Å². The first-order valence-electron chi connectivity index (χ1n) is 3.28. The van der Waals surface area contributed by atoms with Gasteiger partial charge in [-0.1, -0.05) is 11.6 Å². The van der Waals surface area contributed by atoms with Crippen molar-refractivity contribution < 1.29 is 14.6 Å². The normalized spacial score (nSPS) is 9.57. The van der Waals surface area contributed by atoms with Crippen molar-refractivity contribution in [1.82, 2.24) is 4.98 Å². The highest BCUT2D eigenvalue weighted by Crippen LogP contribution is 2.21. The molecule has 0 aliphatic rings. The fourth-order valence-electron chi connectivity index (χ4n) is 0.737. The Bertz CT molecular complexity index is 395. The van der Waals surface area contributed by atoms with Crippen LogP contribution in [0.25, 0.3) is 0 Å². The van der Waals surface area contributed by atoms with Gasteiger partial charge in [0.2, 0.25) is 5.15 Å². The van der Waals surface area contributed by atoms with E-state index in [-0.39, 0.29) is 11.4 Å². The summed E-state index contributed by atoms with van der Waals surface area (Å²) in [4.78, 5) is 27.7. The second-order valence-electron chi connectivity index (χ2n) is 2.17. The molecule has 74 valence electrons. The molecule has 1 rings (SSSR count).